The maximum absolute atomic E-state index is 4.97. The van der Waals surface area contributed by atoms with E-state index in [1.54, 1.807) is 0 Å². The van der Waals surface area contributed by atoms with E-state index in [0.29, 0.717) is 0 Å². The maximum atomic E-state index is 4.97. The largest absolute Gasteiger partial charge is 0.296 e. The minimum Gasteiger partial charge on any atom is -0.296 e. The molecule has 232 valence electrons. The van der Waals surface area contributed by atoms with Crippen LogP contribution in [-0.2, 0) is 6.42 Å². The van der Waals surface area contributed by atoms with Gasteiger partial charge in [0.15, 0.2) is 0 Å². The second-order valence-electron chi connectivity index (χ2n) is 12.4. The van der Waals surface area contributed by atoms with Crippen LogP contribution in [0.1, 0.15) is 12.7 Å². The van der Waals surface area contributed by atoms with E-state index in [9.17, 15) is 0 Å². The van der Waals surface area contributed by atoms with Gasteiger partial charge in [-0.15, -0.1) is 0 Å². The van der Waals surface area contributed by atoms with Gasteiger partial charge in [-0.2, -0.15) is 0 Å². The van der Waals surface area contributed by atoms with Crippen molar-refractivity contribution in [3.63, 3.8) is 0 Å². The summed E-state index contributed by atoms with van der Waals surface area (Å²) < 4.78 is 2.32. The fourth-order valence-electron chi connectivity index (χ4n) is 7.52. The Morgan fingerprint density at radius 3 is 1.63 bits per heavy atom. The summed E-state index contributed by atoms with van der Waals surface area (Å²) in [6.07, 6.45) is 4.59. The minimum absolute atomic E-state index is 0.852. The lowest BCUT2D eigenvalue weighted by molar-refractivity contribution is 0.909. The third-order valence-electron chi connectivity index (χ3n) is 9.70. The molecule has 0 radical (unpaired) electrons. The lowest BCUT2D eigenvalue weighted by Gasteiger charge is -2.20. The molecule has 2 heterocycles. The van der Waals surface area contributed by atoms with E-state index in [2.05, 4.69) is 174 Å². The van der Waals surface area contributed by atoms with Gasteiger partial charge in [-0.1, -0.05) is 134 Å². The molecule has 0 saturated carbocycles. The first-order chi connectivity index (χ1) is 24.3. The van der Waals surface area contributed by atoms with Crippen molar-refractivity contribution in [3.8, 4) is 50.2 Å². The van der Waals surface area contributed by atoms with Gasteiger partial charge in [0.2, 0.25) is 0 Å². The Kier molecular flexibility index (Phi) is 7.09. The van der Waals surface area contributed by atoms with E-state index in [1.807, 2.05) is 12.4 Å². The van der Waals surface area contributed by atoms with E-state index in [4.69, 9.17) is 4.98 Å². The molecule has 3 nitrogen and oxygen atoms in total. The second kappa shape index (κ2) is 12.0. The number of fused-ring (bicyclic) bond motifs is 3. The Labute approximate surface area is 285 Å². The smallest absolute Gasteiger partial charge is 0.114 e. The first-order valence-corrected chi connectivity index (χ1v) is 16.9. The number of para-hydroxylation sites is 3. The average Bonchev–Trinajstić information content (AvgIpc) is 3.56. The molecule has 0 bridgehead atoms. The molecular weight excluding hydrogens is 595 g/mol. The first kappa shape index (κ1) is 28.9. The topological polar surface area (TPSA) is 30.7 Å². The fraction of sp³-hybridized carbons (Fsp3) is 0.0435. The Hall–Kier alpha value is -6.32. The zero-order chi connectivity index (χ0) is 32.7. The normalized spacial score (nSPS) is 11.4. The predicted octanol–water partition coefficient (Wildman–Crippen LogP) is 12.0. The van der Waals surface area contributed by atoms with E-state index in [1.165, 1.54) is 60.5 Å². The van der Waals surface area contributed by atoms with Gasteiger partial charge in [-0.3, -0.25) is 9.55 Å². The standard InChI is InChI=1S/C46H33N3/c1-2-44-48-41-20-10-12-22-43(41)49(44)42-21-11-9-14-35(42)31-23-25-33(26-24-31)45-37-16-5-7-18-39(37)46(40-19-8-6-17-38(40)45)36-15-4-3-13-34(36)32-27-29-47-30-28-32/h3-30H,2H2,1H3. The molecule has 0 aliphatic rings. The molecule has 2 aromatic heterocycles. The third-order valence-corrected chi connectivity index (χ3v) is 9.70. The van der Waals surface area contributed by atoms with Crippen LogP contribution in [0.4, 0.5) is 0 Å². The number of pyridine rings is 1. The lowest BCUT2D eigenvalue weighted by Crippen LogP contribution is -2.02. The molecule has 9 rings (SSSR count). The summed E-state index contributed by atoms with van der Waals surface area (Å²) in [6.45, 7) is 2.17. The molecule has 49 heavy (non-hydrogen) atoms. The predicted molar refractivity (Wildman–Crippen MR) is 205 cm³/mol. The number of hydrogen-bond donors (Lipinski definition) is 0. The Morgan fingerprint density at radius 1 is 0.449 bits per heavy atom. The van der Waals surface area contributed by atoms with Crippen molar-refractivity contribution in [1.29, 1.82) is 0 Å². The average molecular weight is 628 g/mol. The van der Waals surface area contributed by atoms with Gasteiger partial charge in [0, 0.05) is 24.4 Å². The van der Waals surface area contributed by atoms with Crippen molar-refractivity contribution in [2.45, 2.75) is 13.3 Å². The fourth-order valence-corrected chi connectivity index (χ4v) is 7.52. The number of hydrogen-bond acceptors (Lipinski definition) is 2. The lowest BCUT2D eigenvalue weighted by atomic mass is 9.84. The van der Waals surface area contributed by atoms with Gasteiger partial charge in [-0.25, -0.2) is 4.98 Å². The van der Waals surface area contributed by atoms with E-state index >= 15 is 0 Å². The monoisotopic (exact) mass is 627 g/mol. The van der Waals surface area contributed by atoms with Crippen LogP contribution in [0.2, 0.25) is 0 Å². The molecule has 0 saturated heterocycles. The summed E-state index contributed by atoms with van der Waals surface area (Å²) in [4.78, 5) is 9.24. The van der Waals surface area contributed by atoms with Crippen LogP contribution >= 0.6 is 0 Å². The number of imidazole rings is 1. The SMILES string of the molecule is CCc1nc2ccccc2n1-c1ccccc1-c1ccc(-c2c3ccccc3c(-c3ccccc3-c3ccncc3)c3ccccc23)cc1. The van der Waals surface area contributed by atoms with E-state index < -0.39 is 0 Å². The van der Waals surface area contributed by atoms with Gasteiger partial charge in [0.1, 0.15) is 5.82 Å². The zero-order valence-corrected chi connectivity index (χ0v) is 27.2. The third kappa shape index (κ3) is 4.82. The molecule has 0 aliphatic heterocycles. The molecule has 0 fully saturated rings. The van der Waals surface area contributed by atoms with Crippen LogP contribution in [0.15, 0.2) is 170 Å². The minimum atomic E-state index is 0.852. The summed E-state index contributed by atoms with van der Waals surface area (Å²) in [5, 5.41) is 4.97. The number of nitrogens with zero attached hydrogens (tertiary/aromatic N) is 3. The maximum Gasteiger partial charge on any atom is 0.114 e. The van der Waals surface area contributed by atoms with Gasteiger partial charge >= 0.3 is 0 Å². The van der Waals surface area contributed by atoms with Crippen LogP contribution in [0, 0.1) is 0 Å². The van der Waals surface area contributed by atoms with Gasteiger partial charge in [0.25, 0.3) is 0 Å². The van der Waals surface area contributed by atoms with E-state index in [-0.39, 0.29) is 0 Å². The highest BCUT2D eigenvalue weighted by molar-refractivity contribution is 6.22. The van der Waals surface area contributed by atoms with Crippen LogP contribution in [0.25, 0.3) is 82.8 Å². The van der Waals surface area contributed by atoms with Crippen molar-refractivity contribution < 1.29 is 0 Å². The van der Waals surface area contributed by atoms with Crippen LogP contribution in [0.5, 0.6) is 0 Å². The van der Waals surface area contributed by atoms with Crippen molar-refractivity contribution in [1.82, 2.24) is 14.5 Å². The number of benzene rings is 7. The van der Waals surface area contributed by atoms with Gasteiger partial charge in [0.05, 0.1) is 16.7 Å². The highest BCUT2D eigenvalue weighted by Crippen LogP contribution is 2.46. The summed E-state index contributed by atoms with van der Waals surface area (Å²) in [5.74, 6) is 1.06. The number of aromatic nitrogens is 3. The molecule has 9 aromatic rings. The highest BCUT2D eigenvalue weighted by Gasteiger charge is 2.19. The Morgan fingerprint density at radius 2 is 0.959 bits per heavy atom. The van der Waals surface area contributed by atoms with Crippen LogP contribution in [-0.4, -0.2) is 14.5 Å². The first-order valence-electron chi connectivity index (χ1n) is 16.9. The zero-order valence-electron chi connectivity index (χ0n) is 27.2. The highest BCUT2D eigenvalue weighted by atomic mass is 15.1. The molecule has 0 unspecified atom stereocenters. The number of rotatable bonds is 6. The van der Waals surface area contributed by atoms with Crippen molar-refractivity contribution in [2.24, 2.45) is 0 Å². The molecule has 3 heteroatoms. The molecule has 0 aliphatic carbocycles. The second-order valence-corrected chi connectivity index (χ2v) is 12.4. The molecule has 0 spiro atoms. The molecule has 0 N–H and O–H groups in total. The quantitative estimate of drug-likeness (QED) is 0.172. The van der Waals surface area contributed by atoms with E-state index in [0.717, 1.165) is 34.5 Å². The summed E-state index contributed by atoms with van der Waals surface area (Å²) in [6, 6.07) is 56.9. The summed E-state index contributed by atoms with van der Waals surface area (Å²) >= 11 is 0. The Bertz CT molecular complexity index is 2580. The van der Waals surface area contributed by atoms with Crippen LogP contribution in [0.3, 0.4) is 0 Å². The van der Waals surface area contributed by atoms with Gasteiger partial charge < -0.3 is 0 Å². The summed E-state index contributed by atoms with van der Waals surface area (Å²) in [5.41, 5.74) is 13.0. The molecule has 7 aromatic carbocycles. The molecule has 0 atom stereocenters. The van der Waals surface area contributed by atoms with Crippen molar-refractivity contribution >= 4 is 32.6 Å². The molecule has 0 amide bonds. The molecular formula is C46H33N3. The van der Waals surface area contributed by atoms with Crippen molar-refractivity contribution in [3.05, 3.63) is 176 Å². The van der Waals surface area contributed by atoms with Crippen LogP contribution < -0.4 is 0 Å². The number of aryl methyl sites for hydroxylation is 1. The van der Waals surface area contributed by atoms with Gasteiger partial charge in [-0.05, 0) is 90.8 Å². The van der Waals surface area contributed by atoms with Crippen molar-refractivity contribution in [2.75, 3.05) is 0 Å². The Balaban J connectivity index is 1.23. The summed E-state index contributed by atoms with van der Waals surface area (Å²) in [7, 11) is 0.